The van der Waals surface area contributed by atoms with Gasteiger partial charge >= 0.3 is 0 Å². The topological polar surface area (TPSA) is 54.7 Å². The van der Waals surface area contributed by atoms with Crippen molar-refractivity contribution < 1.29 is 0 Å². The third kappa shape index (κ3) is 2.77. The Morgan fingerprint density at radius 3 is 2.89 bits per heavy atom. The van der Waals surface area contributed by atoms with Gasteiger partial charge in [-0.3, -0.25) is 0 Å². The lowest BCUT2D eigenvalue weighted by molar-refractivity contribution is 1.08. The van der Waals surface area contributed by atoms with Gasteiger partial charge in [-0.05, 0) is 29.8 Å². The maximum Gasteiger partial charge on any atom is 0.166 e. The van der Waals surface area contributed by atoms with Crippen molar-refractivity contribution in [1.29, 1.82) is 0 Å². The molecule has 0 atom stereocenters. The van der Waals surface area contributed by atoms with Crippen LogP contribution in [0, 0.1) is 0 Å². The molecule has 0 spiro atoms. The highest BCUT2D eigenvalue weighted by Gasteiger charge is 2.05. The second-order valence-corrected chi connectivity index (χ2v) is 6.02. The highest BCUT2D eigenvalue weighted by molar-refractivity contribution is 9.10. The quantitative estimate of drug-likeness (QED) is 0.557. The van der Waals surface area contributed by atoms with Gasteiger partial charge in [0.25, 0.3) is 0 Å². The summed E-state index contributed by atoms with van der Waals surface area (Å²) in [5, 5.41) is 0.913. The molecule has 3 nitrogen and oxygen atoms in total. The lowest BCUT2D eigenvalue weighted by Crippen LogP contribution is -1.83. The number of nitrogen functional groups attached to an aromatic ring is 1. The van der Waals surface area contributed by atoms with Crippen molar-refractivity contribution in [3.63, 3.8) is 0 Å². The number of rotatable bonds is 3. The van der Waals surface area contributed by atoms with Crippen LogP contribution in [0.1, 0.15) is 5.56 Å². The summed E-state index contributed by atoms with van der Waals surface area (Å²) in [7, 11) is 0. The van der Waals surface area contributed by atoms with Gasteiger partial charge in [-0.15, -0.1) is 0 Å². The number of hydrogen-bond donors (Lipinski definition) is 2. The molecule has 1 aromatic heterocycles. The number of imidazole rings is 1. The van der Waals surface area contributed by atoms with Crippen LogP contribution < -0.4 is 5.73 Å². The summed E-state index contributed by atoms with van der Waals surface area (Å²) >= 11 is 5.24. The Morgan fingerprint density at radius 2 is 2.05 bits per heavy atom. The first-order valence-electron chi connectivity index (χ1n) is 5.84. The molecule has 3 rings (SSSR count). The molecule has 0 saturated carbocycles. The van der Waals surface area contributed by atoms with E-state index in [1.54, 1.807) is 11.8 Å². The number of nitrogens with one attached hydrogen (secondary N) is 1. The molecule has 1 heterocycles. The van der Waals surface area contributed by atoms with E-state index in [-0.39, 0.29) is 0 Å². The summed E-state index contributed by atoms with van der Waals surface area (Å²) in [6.07, 6.45) is 0. The molecule has 0 aliphatic heterocycles. The van der Waals surface area contributed by atoms with Crippen molar-refractivity contribution in [1.82, 2.24) is 9.97 Å². The van der Waals surface area contributed by atoms with Crippen LogP contribution >= 0.6 is 27.7 Å². The molecule has 0 bridgehead atoms. The molecule has 0 aliphatic rings. The minimum absolute atomic E-state index is 0.749. The van der Waals surface area contributed by atoms with Crippen LogP contribution in [0.2, 0.25) is 0 Å². The van der Waals surface area contributed by atoms with Crippen molar-refractivity contribution >= 4 is 44.4 Å². The first kappa shape index (κ1) is 12.6. The number of fused-ring (bicyclic) bond motifs is 1. The predicted octanol–water partition coefficient (Wildman–Crippen LogP) is 4.20. The minimum Gasteiger partial charge on any atom is -0.399 e. The number of hydrogen-bond acceptors (Lipinski definition) is 3. The zero-order valence-electron chi connectivity index (χ0n) is 10.1. The van der Waals surface area contributed by atoms with Gasteiger partial charge in [-0.2, -0.15) is 0 Å². The Kier molecular flexibility index (Phi) is 3.48. The third-order valence-corrected chi connectivity index (χ3v) is 4.50. The summed E-state index contributed by atoms with van der Waals surface area (Å²) < 4.78 is 1.13. The summed E-state index contributed by atoms with van der Waals surface area (Å²) in [5.74, 6) is 0.872. The molecule has 5 heteroatoms. The molecule has 3 N–H and O–H groups in total. The van der Waals surface area contributed by atoms with Gasteiger partial charge in [0.05, 0.1) is 11.0 Å². The molecule has 19 heavy (non-hydrogen) atoms. The predicted molar refractivity (Wildman–Crippen MR) is 84.2 cm³/mol. The van der Waals surface area contributed by atoms with Crippen LogP contribution in [0.25, 0.3) is 11.0 Å². The van der Waals surface area contributed by atoms with Gasteiger partial charge in [0, 0.05) is 15.9 Å². The normalized spacial score (nSPS) is 11.0. The van der Waals surface area contributed by atoms with Crippen molar-refractivity contribution in [2.75, 3.05) is 5.73 Å². The second kappa shape index (κ2) is 5.27. The smallest absolute Gasteiger partial charge is 0.166 e. The zero-order chi connectivity index (χ0) is 13.2. The molecule has 96 valence electrons. The fourth-order valence-corrected chi connectivity index (χ4v) is 3.33. The molecule has 3 aromatic rings. The minimum atomic E-state index is 0.749. The number of nitrogens with two attached hydrogens (primary N) is 1. The number of benzene rings is 2. The Hall–Kier alpha value is -1.46. The first-order valence-corrected chi connectivity index (χ1v) is 7.62. The van der Waals surface area contributed by atoms with Crippen LogP contribution in [0.3, 0.4) is 0 Å². The summed E-state index contributed by atoms with van der Waals surface area (Å²) in [6.45, 7) is 0. The standard InChI is InChI=1S/C14H12BrN3S/c15-11-4-2-1-3-9(11)8-19-14-17-12-6-5-10(16)7-13(12)18-14/h1-7H,8,16H2,(H,17,18). The second-order valence-electron chi connectivity index (χ2n) is 4.20. The van der Waals surface area contributed by atoms with Gasteiger partial charge < -0.3 is 10.7 Å². The maximum atomic E-state index is 5.76. The van der Waals surface area contributed by atoms with Crippen LogP contribution in [-0.2, 0) is 5.75 Å². The summed E-state index contributed by atoms with van der Waals surface area (Å²) in [5.41, 5.74) is 9.69. The SMILES string of the molecule is Nc1ccc2nc(SCc3ccccc3Br)[nH]c2c1. The Balaban J connectivity index is 1.80. The van der Waals surface area contributed by atoms with Crippen molar-refractivity contribution in [2.24, 2.45) is 0 Å². The summed E-state index contributed by atoms with van der Waals surface area (Å²) in [4.78, 5) is 7.82. The number of thioether (sulfide) groups is 1. The van der Waals surface area contributed by atoms with Crippen molar-refractivity contribution in [2.45, 2.75) is 10.9 Å². The monoisotopic (exact) mass is 333 g/mol. The first-order chi connectivity index (χ1) is 9.22. The van der Waals surface area contributed by atoms with E-state index < -0.39 is 0 Å². The van der Waals surface area contributed by atoms with Gasteiger partial charge in [0.2, 0.25) is 0 Å². The largest absolute Gasteiger partial charge is 0.399 e. The van der Waals surface area contributed by atoms with E-state index in [0.717, 1.165) is 32.1 Å². The lowest BCUT2D eigenvalue weighted by Gasteiger charge is -2.01. The molecule has 0 unspecified atom stereocenters. The van der Waals surface area contributed by atoms with Gasteiger partial charge in [0.1, 0.15) is 0 Å². The van der Waals surface area contributed by atoms with Gasteiger partial charge in [-0.25, -0.2) is 4.98 Å². The van der Waals surface area contributed by atoms with Crippen LogP contribution in [0.15, 0.2) is 52.1 Å². The van der Waals surface area contributed by atoms with E-state index in [1.165, 1.54) is 5.56 Å². The van der Waals surface area contributed by atoms with E-state index in [9.17, 15) is 0 Å². The Labute approximate surface area is 123 Å². The van der Waals surface area contributed by atoms with Crippen LogP contribution in [0.4, 0.5) is 5.69 Å². The number of anilines is 1. The van der Waals surface area contributed by atoms with Gasteiger partial charge in [0.15, 0.2) is 5.16 Å². The fraction of sp³-hybridized carbons (Fsp3) is 0.0714. The fourth-order valence-electron chi connectivity index (χ4n) is 1.83. The average molecular weight is 334 g/mol. The van der Waals surface area contributed by atoms with Crippen LogP contribution in [0.5, 0.6) is 0 Å². The highest BCUT2D eigenvalue weighted by atomic mass is 79.9. The molecule has 0 fully saturated rings. The molecule has 0 radical (unpaired) electrons. The number of H-pyrrole nitrogens is 1. The van der Waals surface area contributed by atoms with E-state index in [2.05, 4.69) is 38.0 Å². The van der Waals surface area contributed by atoms with Crippen molar-refractivity contribution in [3.8, 4) is 0 Å². The van der Waals surface area contributed by atoms with Gasteiger partial charge in [-0.1, -0.05) is 45.9 Å². The third-order valence-electron chi connectivity index (χ3n) is 2.81. The molecule has 0 aliphatic carbocycles. The van der Waals surface area contributed by atoms with Crippen molar-refractivity contribution in [3.05, 3.63) is 52.5 Å². The Morgan fingerprint density at radius 1 is 1.21 bits per heavy atom. The van der Waals surface area contributed by atoms with E-state index >= 15 is 0 Å². The molecular weight excluding hydrogens is 322 g/mol. The molecular formula is C14H12BrN3S. The van der Waals surface area contributed by atoms with E-state index in [0.29, 0.717) is 0 Å². The number of halogens is 1. The average Bonchev–Trinajstić information content (AvgIpc) is 2.79. The maximum absolute atomic E-state index is 5.76. The van der Waals surface area contributed by atoms with Crippen LogP contribution in [-0.4, -0.2) is 9.97 Å². The summed E-state index contributed by atoms with van der Waals surface area (Å²) in [6, 6.07) is 13.9. The molecule has 2 aromatic carbocycles. The zero-order valence-corrected chi connectivity index (χ0v) is 12.5. The van der Waals surface area contributed by atoms with E-state index in [1.807, 2.05) is 30.3 Å². The molecule has 0 saturated heterocycles. The lowest BCUT2D eigenvalue weighted by atomic mass is 10.2. The number of nitrogens with zero attached hydrogens (tertiary/aromatic N) is 1. The van der Waals surface area contributed by atoms with E-state index in [4.69, 9.17) is 5.73 Å². The number of aromatic nitrogens is 2. The highest BCUT2D eigenvalue weighted by Crippen LogP contribution is 2.27. The molecule has 0 amide bonds. The number of aromatic amines is 1. The Bertz CT molecular complexity index is 724.